The van der Waals surface area contributed by atoms with Crippen LogP contribution in [0.5, 0.6) is 0 Å². The number of halogens is 1. The van der Waals surface area contributed by atoms with Crippen LogP contribution in [0.15, 0.2) is 0 Å². The van der Waals surface area contributed by atoms with Crippen LogP contribution in [0.2, 0.25) is 0 Å². The van der Waals surface area contributed by atoms with Crippen LogP contribution in [0.3, 0.4) is 0 Å². The molecule has 1 saturated heterocycles. The van der Waals surface area contributed by atoms with Crippen molar-refractivity contribution in [3.63, 3.8) is 0 Å². The van der Waals surface area contributed by atoms with Crippen LogP contribution >= 0.6 is 24.2 Å². The molecule has 16 heavy (non-hydrogen) atoms. The minimum absolute atomic E-state index is 0. The second-order valence-electron chi connectivity index (χ2n) is 5.06. The fourth-order valence-corrected chi connectivity index (χ4v) is 4.21. The lowest BCUT2D eigenvalue weighted by molar-refractivity contribution is -0.123. The second-order valence-corrected chi connectivity index (χ2v) is 6.09. The number of hydrogen-bond acceptors (Lipinski definition) is 3. The number of amides is 1. The minimum Gasteiger partial charge on any atom is -0.352 e. The molecule has 4 atom stereocenters. The fraction of sp³-hybridized carbons (Fsp3) is 0.909. The van der Waals surface area contributed by atoms with Crippen molar-refractivity contribution in [2.45, 2.75) is 37.8 Å². The van der Waals surface area contributed by atoms with Crippen molar-refractivity contribution in [2.24, 2.45) is 11.8 Å². The zero-order valence-electron chi connectivity index (χ0n) is 9.28. The van der Waals surface area contributed by atoms with E-state index in [1.54, 1.807) is 0 Å². The number of rotatable bonds is 2. The number of nitrogens with one attached hydrogen (secondary N) is 2. The molecular formula is C11H19ClN2OS. The molecule has 3 rings (SSSR count). The number of hydrogen-bond donors (Lipinski definition) is 2. The van der Waals surface area contributed by atoms with Crippen molar-refractivity contribution < 1.29 is 4.79 Å². The number of carbonyl (C=O) groups is 1. The van der Waals surface area contributed by atoms with Gasteiger partial charge < -0.3 is 5.32 Å². The Hall–Kier alpha value is 0.0700. The highest BCUT2D eigenvalue weighted by atomic mass is 35.5. The quantitative estimate of drug-likeness (QED) is 0.790. The lowest BCUT2D eigenvalue weighted by Crippen LogP contribution is -2.47. The Kier molecular flexibility index (Phi) is 4.03. The zero-order chi connectivity index (χ0) is 10.3. The highest BCUT2D eigenvalue weighted by Crippen LogP contribution is 2.44. The number of carbonyl (C=O) groups excluding carboxylic acids is 1. The summed E-state index contributed by atoms with van der Waals surface area (Å²) in [6, 6.07) is 0.553. The first kappa shape index (κ1) is 12.5. The molecule has 92 valence electrons. The third kappa shape index (κ3) is 2.34. The van der Waals surface area contributed by atoms with Crippen LogP contribution in [0.25, 0.3) is 0 Å². The van der Waals surface area contributed by atoms with Crippen molar-refractivity contribution >= 4 is 30.1 Å². The fourth-order valence-electron chi connectivity index (χ4n) is 3.27. The maximum Gasteiger partial charge on any atom is 0.238 e. The van der Waals surface area contributed by atoms with Crippen molar-refractivity contribution in [1.82, 2.24) is 10.6 Å². The highest BCUT2D eigenvalue weighted by Gasteiger charge is 2.40. The number of thioether (sulfide) groups is 1. The van der Waals surface area contributed by atoms with Crippen molar-refractivity contribution in [2.75, 3.05) is 11.6 Å². The summed E-state index contributed by atoms with van der Waals surface area (Å²) in [6.07, 6.45) is 5.32. The Balaban J connectivity index is 0.000000963. The van der Waals surface area contributed by atoms with E-state index in [4.69, 9.17) is 0 Å². The van der Waals surface area contributed by atoms with Crippen LogP contribution in [0, 0.1) is 11.8 Å². The molecule has 5 heteroatoms. The van der Waals surface area contributed by atoms with Crippen LogP contribution in [0.4, 0.5) is 0 Å². The van der Waals surface area contributed by atoms with Crippen molar-refractivity contribution in [1.29, 1.82) is 0 Å². The second kappa shape index (κ2) is 5.15. The van der Waals surface area contributed by atoms with Gasteiger partial charge in [0.25, 0.3) is 0 Å². The first-order chi connectivity index (χ1) is 7.33. The molecule has 1 heterocycles. The summed E-state index contributed by atoms with van der Waals surface area (Å²) >= 11 is 1.81. The molecule has 4 unspecified atom stereocenters. The SMILES string of the molecule is Cl.O=C(NC1CC2CCC1C2)C1CSCN1. The molecule has 2 N–H and O–H groups in total. The van der Waals surface area contributed by atoms with Gasteiger partial charge >= 0.3 is 0 Å². The minimum atomic E-state index is 0. The summed E-state index contributed by atoms with van der Waals surface area (Å²) in [7, 11) is 0. The van der Waals surface area contributed by atoms with E-state index in [0.29, 0.717) is 6.04 Å². The Morgan fingerprint density at radius 3 is 2.75 bits per heavy atom. The monoisotopic (exact) mass is 262 g/mol. The summed E-state index contributed by atoms with van der Waals surface area (Å²) in [4.78, 5) is 11.9. The predicted octanol–water partition coefficient (Wildman–Crippen LogP) is 1.38. The van der Waals surface area contributed by atoms with Gasteiger partial charge in [0.15, 0.2) is 0 Å². The molecule has 0 radical (unpaired) electrons. The molecule has 0 spiro atoms. The van der Waals surface area contributed by atoms with E-state index in [1.807, 2.05) is 11.8 Å². The van der Waals surface area contributed by atoms with Gasteiger partial charge in [0.2, 0.25) is 5.91 Å². The first-order valence-electron chi connectivity index (χ1n) is 5.94. The van der Waals surface area contributed by atoms with Crippen LogP contribution < -0.4 is 10.6 Å². The average Bonchev–Trinajstić information content (AvgIpc) is 2.95. The molecular weight excluding hydrogens is 244 g/mol. The van der Waals surface area contributed by atoms with E-state index < -0.39 is 0 Å². The topological polar surface area (TPSA) is 41.1 Å². The van der Waals surface area contributed by atoms with E-state index in [0.717, 1.165) is 23.5 Å². The lowest BCUT2D eigenvalue weighted by atomic mass is 9.95. The zero-order valence-corrected chi connectivity index (χ0v) is 10.9. The van der Waals surface area contributed by atoms with Gasteiger partial charge in [-0.15, -0.1) is 24.2 Å². The Morgan fingerprint density at radius 2 is 2.19 bits per heavy atom. The molecule has 1 aliphatic heterocycles. The predicted molar refractivity (Wildman–Crippen MR) is 68.9 cm³/mol. The first-order valence-corrected chi connectivity index (χ1v) is 7.10. The van der Waals surface area contributed by atoms with Crippen molar-refractivity contribution in [3.8, 4) is 0 Å². The van der Waals surface area contributed by atoms with Gasteiger partial charge in [0.1, 0.15) is 0 Å². The highest BCUT2D eigenvalue weighted by molar-refractivity contribution is 7.99. The molecule has 3 aliphatic rings. The number of fused-ring (bicyclic) bond motifs is 2. The maximum atomic E-state index is 11.9. The largest absolute Gasteiger partial charge is 0.352 e. The van der Waals surface area contributed by atoms with Crippen LogP contribution in [-0.2, 0) is 4.79 Å². The van der Waals surface area contributed by atoms with Crippen molar-refractivity contribution in [3.05, 3.63) is 0 Å². The van der Waals surface area contributed by atoms with Crippen LogP contribution in [0.1, 0.15) is 25.7 Å². The van der Waals surface area contributed by atoms with Crippen LogP contribution in [-0.4, -0.2) is 29.6 Å². The molecule has 0 aromatic heterocycles. The Morgan fingerprint density at radius 1 is 1.31 bits per heavy atom. The molecule has 0 aromatic carbocycles. The van der Waals surface area contributed by atoms with E-state index >= 15 is 0 Å². The third-order valence-corrected chi connectivity index (χ3v) is 5.04. The standard InChI is InChI=1S/C11H18N2OS.ClH/c14-11(10-5-15-6-12-10)13-9-4-7-1-2-8(9)3-7;/h7-10,12H,1-6H2,(H,13,14);1H. The molecule has 3 nitrogen and oxygen atoms in total. The van der Waals surface area contributed by atoms with Gasteiger partial charge in [-0.05, 0) is 31.1 Å². The normalized spacial score (nSPS) is 40.8. The van der Waals surface area contributed by atoms with Gasteiger partial charge in [-0.3, -0.25) is 10.1 Å². The lowest BCUT2D eigenvalue weighted by Gasteiger charge is -2.24. The summed E-state index contributed by atoms with van der Waals surface area (Å²) < 4.78 is 0. The molecule has 2 saturated carbocycles. The molecule has 2 bridgehead atoms. The molecule has 1 amide bonds. The van der Waals surface area contributed by atoms with Gasteiger partial charge in [-0.2, -0.15) is 0 Å². The van der Waals surface area contributed by atoms with Gasteiger partial charge in [-0.25, -0.2) is 0 Å². The summed E-state index contributed by atoms with van der Waals surface area (Å²) in [5, 5.41) is 6.46. The van der Waals surface area contributed by atoms with E-state index in [-0.39, 0.29) is 24.4 Å². The van der Waals surface area contributed by atoms with E-state index in [2.05, 4.69) is 10.6 Å². The summed E-state index contributed by atoms with van der Waals surface area (Å²) in [6.45, 7) is 0. The molecule has 0 aromatic rings. The molecule has 2 aliphatic carbocycles. The molecule has 3 fully saturated rings. The smallest absolute Gasteiger partial charge is 0.238 e. The van der Waals surface area contributed by atoms with Gasteiger partial charge in [-0.1, -0.05) is 6.42 Å². The van der Waals surface area contributed by atoms with Gasteiger partial charge in [0.05, 0.1) is 6.04 Å². The van der Waals surface area contributed by atoms with E-state index in [9.17, 15) is 4.79 Å². The summed E-state index contributed by atoms with van der Waals surface area (Å²) in [5.41, 5.74) is 0. The third-order valence-electron chi connectivity index (χ3n) is 4.10. The summed E-state index contributed by atoms with van der Waals surface area (Å²) in [5.74, 6) is 3.79. The Labute approximate surface area is 107 Å². The maximum absolute atomic E-state index is 11.9. The average molecular weight is 263 g/mol. The Bertz CT molecular complexity index is 271. The van der Waals surface area contributed by atoms with Gasteiger partial charge in [0, 0.05) is 17.7 Å². The van der Waals surface area contributed by atoms with E-state index in [1.165, 1.54) is 25.7 Å².